The maximum absolute atomic E-state index is 10.6. The number of carbonyl (C=O) groups is 1. The molecule has 0 spiro atoms. The van der Waals surface area contributed by atoms with Crippen molar-refractivity contribution in [3.8, 4) is 0 Å². The van der Waals surface area contributed by atoms with Crippen molar-refractivity contribution in [3.05, 3.63) is 35.4 Å². The highest BCUT2D eigenvalue weighted by Crippen LogP contribution is 2.21. The van der Waals surface area contributed by atoms with E-state index in [2.05, 4.69) is 13.8 Å². The van der Waals surface area contributed by atoms with Gasteiger partial charge in [0, 0.05) is 6.54 Å². The van der Waals surface area contributed by atoms with E-state index in [0.717, 1.165) is 12.0 Å². The van der Waals surface area contributed by atoms with Crippen LogP contribution in [-0.2, 0) is 4.79 Å². The molecule has 2 N–H and O–H groups in total. The third-order valence-corrected chi connectivity index (χ3v) is 3.39. The van der Waals surface area contributed by atoms with Gasteiger partial charge in [-0.05, 0) is 30.5 Å². The number of hydrogen-bond donors (Lipinski definition) is 2. The molecule has 0 saturated heterocycles. The monoisotopic (exact) mass is 265 g/mol. The van der Waals surface area contributed by atoms with E-state index in [4.69, 9.17) is 5.11 Å². The number of rotatable bonds is 7. The molecule has 1 aromatic carbocycles. The minimum Gasteiger partial charge on any atom is -0.480 e. The zero-order valence-electron chi connectivity index (χ0n) is 11.8. The van der Waals surface area contributed by atoms with E-state index < -0.39 is 12.1 Å². The Hall–Kier alpha value is -1.39. The third-order valence-electron chi connectivity index (χ3n) is 3.39. The maximum atomic E-state index is 10.6. The summed E-state index contributed by atoms with van der Waals surface area (Å²) in [6.45, 7) is 4.57. The Morgan fingerprint density at radius 2 is 1.79 bits per heavy atom. The maximum Gasteiger partial charge on any atom is 0.317 e. The summed E-state index contributed by atoms with van der Waals surface area (Å²) in [6.07, 6.45) is 0.429. The number of likely N-dealkylation sites (N-methyl/N-ethyl adjacent to an activating group) is 1. The number of aliphatic hydroxyl groups is 1. The standard InChI is InChI=1S/C15H23NO3/c1-4-11(2)12-5-7-13(8-6-12)14(17)9-16(3)10-15(18)19/h5-8,11,14,17H,4,9-10H2,1-3H3,(H,18,19). The molecular weight excluding hydrogens is 242 g/mol. The summed E-state index contributed by atoms with van der Waals surface area (Å²) in [5.74, 6) is -0.373. The van der Waals surface area contributed by atoms with Crippen LogP contribution < -0.4 is 0 Å². The molecule has 0 aliphatic carbocycles. The Labute approximate surface area is 114 Å². The van der Waals surface area contributed by atoms with Crippen LogP contribution in [0.15, 0.2) is 24.3 Å². The highest BCUT2D eigenvalue weighted by molar-refractivity contribution is 5.69. The number of carboxylic acids is 1. The fraction of sp³-hybridized carbons (Fsp3) is 0.533. The predicted molar refractivity (Wildman–Crippen MR) is 75.2 cm³/mol. The summed E-state index contributed by atoms with van der Waals surface area (Å²) in [7, 11) is 1.69. The van der Waals surface area contributed by atoms with Gasteiger partial charge in [-0.1, -0.05) is 38.1 Å². The number of aliphatic hydroxyl groups excluding tert-OH is 1. The van der Waals surface area contributed by atoms with Gasteiger partial charge in [0.1, 0.15) is 0 Å². The van der Waals surface area contributed by atoms with Crippen molar-refractivity contribution in [1.82, 2.24) is 4.90 Å². The molecule has 0 aliphatic rings. The van der Waals surface area contributed by atoms with E-state index in [9.17, 15) is 9.90 Å². The van der Waals surface area contributed by atoms with E-state index in [1.165, 1.54) is 5.56 Å². The Morgan fingerprint density at radius 3 is 2.26 bits per heavy atom. The van der Waals surface area contributed by atoms with E-state index in [-0.39, 0.29) is 6.54 Å². The first-order valence-corrected chi connectivity index (χ1v) is 6.62. The molecule has 0 aromatic heterocycles. The fourth-order valence-electron chi connectivity index (χ4n) is 1.98. The van der Waals surface area contributed by atoms with Crippen molar-refractivity contribution in [1.29, 1.82) is 0 Å². The average Bonchev–Trinajstić information content (AvgIpc) is 2.36. The van der Waals surface area contributed by atoms with Crippen molar-refractivity contribution < 1.29 is 15.0 Å². The molecule has 0 saturated carbocycles. The molecule has 0 aliphatic heterocycles. The molecule has 19 heavy (non-hydrogen) atoms. The van der Waals surface area contributed by atoms with Crippen molar-refractivity contribution >= 4 is 5.97 Å². The fourth-order valence-corrected chi connectivity index (χ4v) is 1.98. The molecule has 0 amide bonds. The molecule has 1 rings (SSSR count). The first kappa shape index (κ1) is 15.7. The smallest absolute Gasteiger partial charge is 0.317 e. The molecule has 4 nitrogen and oxygen atoms in total. The summed E-state index contributed by atoms with van der Waals surface area (Å²) >= 11 is 0. The highest BCUT2D eigenvalue weighted by Gasteiger charge is 2.13. The summed E-state index contributed by atoms with van der Waals surface area (Å²) in [5.41, 5.74) is 2.08. The Bertz CT molecular complexity index is 402. The van der Waals surface area contributed by atoms with Gasteiger partial charge in [0.2, 0.25) is 0 Å². The molecule has 4 heteroatoms. The van der Waals surface area contributed by atoms with Gasteiger partial charge >= 0.3 is 5.97 Å². The Balaban J connectivity index is 2.62. The van der Waals surface area contributed by atoms with Gasteiger partial charge in [-0.2, -0.15) is 0 Å². The lowest BCUT2D eigenvalue weighted by molar-refractivity contribution is -0.138. The van der Waals surface area contributed by atoms with Gasteiger partial charge in [0.15, 0.2) is 0 Å². The van der Waals surface area contributed by atoms with E-state index in [1.54, 1.807) is 11.9 Å². The van der Waals surface area contributed by atoms with Crippen LogP contribution in [0.4, 0.5) is 0 Å². The Morgan fingerprint density at radius 1 is 1.26 bits per heavy atom. The van der Waals surface area contributed by atoms with Gasteiger partial charge in [0.25, 0.3) is 0 Å². The van der Waals surface area contributed by atoms with Crippen molar-refractivity contribution in [3.63, 3.8) is 0 Å². The van der Waals surface area contributed by atoms with Crippen LogP contribution in [0.3, 0.4) is 0 Å². The number of aliphatic carboxylic acids is 1. The van der Waals surface area contributed by atoms with Gasteiger partial charge in [-0.3, -0.25) is 9.69 Å². The average molecular weight is 265 g/mol. The zero-order valence-corrected chi connectivity index (χ0v) is 11.8. The van der Waals surface area contributed by atoms with Crippen LogP contribution in [-0.4, -0.2) is 41.2 Å². The van der Waals surface area contributed by atoms with Gasteiger partial charge in [-0.25, -0.2) is 0 Å². The summed E-state index contributed by atoms with van der Waals surface area (Å²) < 4.78 is 0. The molecule has 0 radical (unpaired) electrons. The molecule has 0 bridgehead atoms. The zero-order chi connectivity index (χ0) is 14.4. The largest absolute Gasteiger partial charge is 0.480 e. The lowest BCUT2D eigenvalue weighted by atomic mass is 9.96. The van der Waals surface area contributed by atoms with E-state index in [1.807, 2.05) is 24.3 Å². The van der Waals surface area contributed by atoms with Crippen LogP contribution >= 0.6 is 0 Å². The normalized spacial score (nSPS) is 14.4. The molecular formula is C15H23NO3. The summed E-state index contributed by atoms with van der Waals surface area (Å²) in [4.78, 5) is 12.1. The van der Waals surface area contributed by atoms with Gasteiger partial charge in [-0.15, -0.1) is 0 Å². The lowest BCUT2D eigenvalue weighted by Crippen LogP contribution is -2.29. The quantitative estimate of drug-likeness (QED) is 0.794. The molecule has 0 heterocycles. The number of hydrogen-bond acceptors (Lipinski definition) is 3. The second kappa shape index (κ2) is 7.26. The number of benzene rings is 1. The van der Waals surface area contributed by atoms with Crippen LogP contribution in [0.1, 0.15) is 43.4 Å². The van der Waals surface area contributed by atoms with Crippen molar-refractivity contribution in [2.45, 2.75) is 32.3 Å². The predicted octanol–water partition coefficient (Wildman–Crippen LogP) is 2.25. The highest BCUT2D eigenvalue weighted by atomic mass is 16.4. The molecule has 0 fully saturated rings. The van der Waals surface area contributed by atoms with Crippen LogP contribution in [0.5, 0.6) is 0 Å². The second-order valence-corrected chi connectivity index (χ2v) is 5.08. The summed E-state index contributed by atoms with van der Waals surface area (Å²) in [6, 6.07) is 7.90. The Kier molecular flexibility index (Phi) is 5.99. The summed E-state index contributed by atoms with van der Waals surface area (Å²) in [5, 5.41) is 18.7. The minimum atomic E-state index is -0.887. The van der Waals surface area contributed by atoms with E-state index >= 15 is 0 Å². The number of nitrogens with zero attached hydrogens (tertiary/aromatic N) is 1. The molecule has 1 aromatic rings. The second-order valence-electron chi connectivity index (χ2n) is 5.08. The SMILES string of the molecule is CCC(C)c1ccc(C(O)CN(C)CC(=O)O)cc1. The topological polar surface area (TPSA) is 60.8 Å². The van der Waals surface area contributed by atoms with Crippen molar-refractivity contribution in [2.75, 3.05) is 20.1 Å². The van der Waals surface area contributed by atoms with Crippen LogP contribution in [0.2, 0.25) is 0 Å². The van der Waals surface area contributed by atoms with Crippen molar-refractivity contribution in [2.24, 2.45) is 0 Å². The van der Waals surface area contributed by atoms with Gasteiger partial charge in [0.05, 0.1) is 12.6 Å². The third kappa shape index (κ3) is 5.01. The first-order valence-electron chi connectivity index (χ1n) is 6.62. The van der Waals surface area contributed by atoms with Gasteiger partial charge < -0.3 is 10.2 Å². The minimum absolute atomic E-state index is 0.0674. The number of carboxylic acid groups (broad SMARTS) is 1. The lowest BCUT2D eigenvalue weighted by Gasteiger charge is -2.19. The van der Waals surface area contributed by atoms with Crippen LogP contribution in [0, 0.1) is 0 Å². The molecule has 106 valence electrons. The first-order chi connectivity index (χ1) is 8.93. The van der Waals surface area contributed by atoms with E-state index in [0.29, 0.717) is 12.5 Å². The molecule has 2 atom stereocenters. The molecule has 2 unspecified atom stereocenters. The van der Waals surface area contributed by atoms with Crippen LogP contribution in [0.25, 0.3) is 0 Å².